The van der Waals surface area contributed by atoms with E-state index >= 15 is 0 Å². The van der Waals surface area contributed by atoms with Gasteiger partial charge in [-0.3, -0.25) is 9.78 Å². The molecule has 0 spiro atoms. The maximum absolute atomic E-state index is 12.8. The molecule has 4 nitrogen and oxygen atoms in total. The fourth-order valence-corrected chi connectivity index (χ4v) is 2.08. The molecule has 2 N–H and O–H groups in total. The van der Waals surface area contributed by atoms with Gasteiger partial charge in [-0.2, -0.15) is 0 Å². The number of nitrogens with zero attached hydrogens (tertiary/aromatic N) is 2. The number of anilines is 1. The summed E-state index contributed by atoms with van der Waals surface area (Å²) in [6.07, 6.45) is 3.62. The molecule has 0 atom stereocenters. The zero-order valence-corrected chi connectivity index (χ0v) is 14.0. The fourth-order valence-electron chi connectivity index (χ4n) is 2.08. The Labute approximate surface area is 128 Å². The maximum atomic E-state index is 12.8. The zero-order chi connectivity index (χ0) is 16.0. The molecule has 0 aliphatic heterocycles. The molecule has 0 aliphatic carbocycles. The van der Waals surface area contributed by atoms with E-state index in [-0.39, 0.29) is 5.91 Å². The summed E-state index contributed by atoms with van der Waals surface area (Å²) in [5.41, 5.74) is 7.69. The van der Waals surface area contributed by atoms with Gasteiger partial charge < -0.3 is 10.6 Å². The molecule has 4 heteroatoms. The van der Waals surface area contributed by atoms with Gasteiger partial charge in [-0.1, -0.05) is 27.7 Å². The molecule has 1 aromatic rings. The first-order chi connectivity index (χ1) is 9.81. The first kappa shape index (κ1) is 17.5. The number of hydrogen-bond acceptors (Lipinski definition) is 3. The molecule has 1 heterocycles. The van der Waals surface area contributed by atoms with Crippen molar-refractivity contribution in [3.05, 3.63) is 23.5 Å². The fraction of sp³-hybridized carbons (Fsp3) is 0.647. The van der Waals surface area contributed by atoms with E-state index in [0.717, 1.165) is 31.6 Å². The number of aromatic nitrogens is 1. The van der Waals surface area contributed by atoms with Gasteiger partial charge in [-0.05, 0) is 37.7 Å². The zero-order valence-electron chi connectivity index (χ0n) is 14.0. The van der Waals surface area contributed by atoms with Crippen molar-refractivity contribution in [1.82, 2.24) is 9.88 Å². The minimum Gasteiger partial charge on any atom is -0.397 e. The monoisotopic (exact) mass is 291 g/mol. The molecule has 0 aliphatic rings. The lowest BCUT2D eigenvalue weighted by molar-refractivity contribution is 0.0739. The van der Waals surface area contributed by atoms with Crippen LogP contribution in [0.2, 0.25) is 0 Å². The summed E-state index contributed by atoms with van der Waals surface area (Å²) in [6, 6.07) is 1.74. The second-order valence-corrected chi connectivity index (χ2v) is 6.56. The Bertz CT molecular complexity index is 457. The standard InChI is InChI=1S/C17H29N3O/c1-12(2)6-8-20(9-7-13(3)4)17(21)16-10-15(18)11-19-14(16)5/h10-13H,6-9,18H2,1-5H3. The quantitative estimate of drug-likeness (QED) is 0.836. The molecule has 0 saturated carbocycles. The molecule has 0 bridgehead atoms. The third kappa shape index (κ3) is 5.74. The van der Waals surface area contributed by atoms with Crippen molar-refractivity contribution in [2.75, 3.05) is 18.8 Å². The van der Waals surface area contributed by atoms with E-state index in [1.807, 2.05) is 11.8 Å². The van der Waals surface area contributed by atoms with E-state index in [4.69, 9.17) is 5.73 Å². The van der Waals surface area contributed by atoms with Crippen molar-refractivity contribution >= 4 is 11.6 Å². The molecule has 1 amide bonds. The highest BCUT2D eigenvalue weighted by Crippen LogP contribution is 2.15. The summed E-state index contributed by atoms with van der Waals surface area (Å²) in [6.45, 7) is 12.2. The summed E-state index contributed by atoms with van der Waals surface area (Å²) in [4.78, 5) is 18.9. The molecule has 0 unspecified atom stereocenters. The van der Waals surface area contributed by atoms with E-state index in [1.165, 1.54) is 0 Å². The highest BCUT2D eigenvalue weighted by atomic mass is 16.2. The van der Waals surface area contributed by atoms with Gasteiger partial charge in [-0.15, -0.1) is 0 Å². The summed E-state index contributed by atoms with van der Waals surface area (Å²) in [5, 5.41) is 0. The second kappa shape index (κ2) is 8.01. The van der Waals surface area contributed by atoms with Crippen molar-refractivity contribution in [2.24, 2.45) is 11.8 Å². The number of nitrogens with two attached hydrogens (primary N) is 1. The Morgan fingerprint density at radius 3 is 2.19 bits per heavy atom. The molecule has 118 valence electrons. The SMILES string of the molecule is Cc1ncc(N)cc1C(=O)N(CCC(C)C)CCC(C)C. The van der Waals surface area contributed by atoms with Gasteiger partial charge in [0.15, 0.2) is 0 Å². The van der Waals surface area contributed by atoms with E-state index in [1.54, 1.807) is 12.3 Å². The van der Waals surface area contributed by atoms with Crippen molar-refractivity contribution in [3.63, 3.8) is 0 Å². The third-order valence-corrected chi connectivity index (χ3v) is 3.58. The van der Waals surface area contributed by atoms with Crippen molar-refractivity contribution in [3.8, 4) is 0 Å². The number of nitrogen functional groups attached to an aromatic ring is 1. The second-order valence-electron chi connectivity index (χ2n) is 6.56. The van der Waals surface area contributed by atoms with E-state index < -0.39 is 0 Å². The summed E-state index contributed by atoms with van der Waals surface area (Å²) in [5.74, 6) is 1.22. The number of carbonyl (C=O) groups is 1. The van der Waals surface area contributed by atoms with Crippen LogP contribution in [0.3, 0.4) is 0 Å². The van der Waals surface area contributed by atoms with Crippen LogP contribution in [0.5, 0.6) is 0 Å². The summed E-state index contributed by atoms with van der Waals surface area (Å²) < 4.78 is 0. The van der Waals surface area contributed by atoms with Gasteiger partial charge in [0.2, 0.25) is 0 Å². The molecule has 1 aromatic heterocycles. The normalized spacial score (nSPS) is 11.2. The highest BCUT2D eigenvalue weighted by Gasteiger charge is 2.19. The van der Waals surface area contributed by atoms with Gasteiger partial charge in [0.1, 0.15) is 0 Å². The Morgan fingerprint density at radius 1 is 1.19 bits per heavy atom. The Balaban J connectivity index is 2.89. The first-order valence-corrected chi connectivity index (χ1v) is 7.82. The van der Waals surface area contributed by atoms with Crippen molar-refractivity contribution in [2.45, 2.75) is 47.5 Å². The van der Waals surface area contributed by atoms with Crippen LogP contribution in [0, 0.1) is 18.8 Å². The Kier molecular flexibility index (Phi) is 6.66. The molecule has 0 aromatic carbocycles. The van der Waals surface area contributed by atoms with Crippen LogP contribution in [0.25, 0.3) is 0 Å². The molecule has 1 rings (SSSR count). The average Bonchev–Trinajstić information content (AvgIpc) is 2.40. The molecule has 0 fully saturated rings. The van der Waals surface area contributed by atoms with Crippen molar-refractivity contribution < 1.29 is 4.79 Å². The number of hydrogen-bond donors (Lipinski definition) is 1. The predicted octanol–water partition coefficient (Wildman–Crippen LogP) is 3.51. The lowest BCUT2D eigenvalue weighted by Gasteiger charge is -2.25. The average molecular weight is 291 g/mol. The van der Waals surface area contributed by atoms with E-state index in [2.05, 4.69) is 32.7 Å². The van der Waals surface area contributed by atoms with Crippen LogP contribution in [-0.4, -0.2) is 28.9 Å². The van der Waals surface area contributed by atoms with Crippen LogP contribution < -0.4 is 5.73 Å². The molecular formula is C17H29N3O. The molecular weight excluding hydrogens is 262 g/mol. The van der Waals surface area contributed by atoms with Gasteiger partial charge >= 0.3 is 0 Å². The van der Waals surface area contributed by atoms with Crippen LogP contribution in [-0.2, 0) is 0 Å². The van der Waals surface area contributed by atoms with E-state index in [0.29, 0.717) is 23.1 Å². The predicted molar refractivity (Wildman–Crippen MR) is 88.2 cm³/mol. The Hall–Kier alpha value is -1.58. The minimum atomic E-state index is 0.0496. The van der Waals surface area contributed by atoms with Gasteiger partial charge in [0.05, 0.1) is 23.1 Å². The van der Waals surface area contributed by atoms with Crippen molar-refractivity contribution in [1.29, 1.82) is 0 Å². The van der Waals surface area contributed by atoms with Gasteiger partial charge in [0, 0.05) is 13.1 Å². The number of aryl methyl sites for hydroxylation is 1. The number of amides is 1. The van der Waals surface area contributed by atoms with Crippen LogP contribution in [0.15, 0.2) is 12.3 Å². The maximum Gasteiger partial charge on any atom is 0.255 e. The largest absolute Gasteiger partial charge is 0.397 e. The minimum absolute atomic E-state index is 0.0496. The summed E-state index contributed by atoms with van der Waals surface area (Å²) >= 11 is 0. The highest BCUT2D eigenvalue weighted by molar-refractivity contribution is 5.96. The molecule has 0 radical (unpaired) electrons. The molecule has 0 saturated heterocycles. The third-order valence-electron chi connectivity index (χ3n) is 3.58. The van der Waals surface area contributed by atoms with E-state index in [9.17, 15) is 4.79 Å². The lowest BCUT2D eigenvalue weighted by Crippen LogP contribution is -2.34. The smallest absolute Gasteiger partial charge is 0.255 e. The number of carbonyl (C=O) groups excluding carboxylic acids is 1. The number of rotatable bonds is 7. The van der Waals surface area contributed by atoms with Gasteiger partial charge in [0.25, 0.3) is 5.91 Å². The summed E-state index contributed by atoms with van der Waals surface area (Å²) in [7, 11) is 0. The number of pyridine rings is 1. The van der Waals surface area contributed by atoms with Crippen LogP contribution in [0.4, 0.5) is 5.69 Å². The lowest BCUT2D eigenvalue weighted by atomic mass is 10.1. The Morgan fingerprint density at radius 2 is 1.71 bits per heavy atom. The molecule has 21 heavy (non-hydrogen) atoms. The van der Waals surface area contributed by atoms with Crippen LogP contribution in [0.1, 0.15) is 56.6 Å². The first-order valence-electron chi connectivity index (χ1n) is 7.82. The van der Waals surface area contributed by atoms with Gasteiger partial charge in [-0.25, -0.2) is 0 Å². The topological polar surface area (TPSA) is 59.2 Å². The van der Waals surface area contributed by atoms with Crippen LogP contribution >= 0.6 is 0 Å².